The van der Waals surface area contributed by atoms with E-state index in [0.717, 1.165) is 57.2 Å². The molecule has 3 N–H and O–H groups in total. The van der Waals surface area contributed by atoms with E-state index in [1.54, 1.807) is 6.26 Å². The number of benzene rings is 1. The standard InChI is InChI=1S/C22H32N4O2.HI/c1-2-23-22(24-12-9-21-4-3-15-28-21)25-16-18-5-7-20(8-6-18)26-13-10-19(17-27)11-14-26;/h3-8,15,19,27H,2,9-14,16-17H2,1H3,(H2,23,24,25);1H. The smallest absolute Gasteiger partial charge is 0.191 e. The summed E-state index contributed by atoms with van der Waals surface area (Å²) < 4.78 is 5.36. The summed E-state index contributed by atoms with van der Waals surface area (Å²) in [5.74, 6) is 2.26. The number of hydrogen-bond acceptors (Lipinski definition) is 4. The van der Waals surface area contributed by atoms with Crippen LogP contribution in [0.1, 0.15) is 31.1 Å². The first-order chi connectivity index (χ1) is 13.8. The highest BCUT2D eigenvalue weighted by Gasteiger charge is 2.18. The SMILES string of the molecule is CCNC(=NCc1ccc(N2CCC(CO)CC2)cc1)NCCc1ccco1.I. The lowest BCUT2D eigenvalue weighted by atomic mass is 9.97. The van der Waals surface area contributed by atoms with Crippen LogP contribution < -0.4 is 15.5 Å². The van der Waals surface area contributed by atoms with E-state index < -0.39 is 0 Å². The normalized spacial score (nSPS) is 15.1. The van der Waals surface area contributed by atoms with Crippen molar-refractivity contribution in [3.63, 3.8) is 0 Å². The van der Waals surface area contributed by atoms with Crippen LogP contribution in [-0.4, -0.2) is 43.9 Å². The van der Waals surface area contributed by atoms with Gasteiger partial charge in [0.25, 0.3) is 0 Å². The number of guanidine groups is 1. The Bertz CT molecular complexity index is 711. The number of hydrogen-bond donors (Lipinski definition) is 3. The van der Waals surface area contributed by atoms with Crippen LogP contribution in [0.15, 0.2) is 52.1 Å². The highest BCUT2D eigenvalue weighted by atomic mass is 127. The van der Waals surface area contributed by atoms with Crippen molar-refractivity contribution in [1.29, 1.82) is 0 Å². The van der Waals surface area contributed by atoms with Crippen LogP contribution in [-0.2, 0) is 13.0 Å². The third-order valence-corrected chi connectivity index (χ3v) is 5.18. The fourth-order valence-electron chi connectivity index (χ4n) is 3.46. The number of halogens is 1. The molecular formula is C22H33IN4O2. The van der Waals surface area contributed by atoms with Crippen LogP contribution in [0.3, 0.4) is 0 Å². The molecule has 0 amide bonds. The fourth-order valence-corrected chi connectivity index (χ4v) is 3.46. The Labute approximate surface area is 190 Å². The van der Waals surface area contributed by atoms with E-state index in [-0.39, 0.29) is 24.0 Å². The molecule has 2 heterocycles. The van der Waals surface area contributed by atoms with Crippen LogP contribution in [0.2, 0.25) is 0 Å². The van der Waals surface area contributed by atoms with Crippen molar-refractivity contribution < 1.29 is 9.52 Å². The number of nitrogens with zero attached hydrogens (tertiary/aromatic N) is 2. The van der Waals surface area contributed by atoms with Crippen molar-refractivity contribution >= 4 is 35.6 Å². The van der Waals surface area contributed by atoms with Gasteiger partial charge in [-0.3, -0.25) is 0 Å². The summed E-state index contributed by atoms with van der Waals surface area (Å²) in [5.41, 5.74) is 2.45. The Kier molecular flexibility index (Phi) is 10.3. The highest BCUT2D eigenvalue weighted by molar-refractivity contribution is 14.0. The molecule has 0 unspecified atom stereocenters. The van der Waals surface area contributed by atoms with Gasteiger partial charge in [0.15, 0.2) is 5.96 Å². The maximum absolute atomic E-state index is 9.28. The van der Waals surface area contributed by atoms with Crippen LogP contribution in [0, 0.1) is 5.92 Å². The largest absolute Gasteiger partial charge is 0.469 e. The Morgan fingerprint density at radius 1 is 1.17 bits per heavy atom. The summed E-state index contributed by atoms with van der Waals surface area (Å²) in [7, 11) is 0. The van der Waals surface area contributed by atoms with E-state index in [0.29, 0.717) is 19.1 Å². The van der Waals surface area contributed by atoms with E-state index >= 15 is 0 Å². The Morgan fingerprint density at radius 3 is 2.55 bits per heavy atom. The zero-order valence-corrected chi connectivity index (χ0v) is 19.5. The summed E-state index contributed by atoms with van der Waals surface area (Å²) in [5, 5.41) is 15.9. The van der Waals surface area contributed by atoms with Gasteiger partial charge >= 0.3 is 0 Å². The predicted molar refractivity (Wildman–Crippen MR) is 129 cm³/mol. The molecule has 0 spiro atoms. The van der Waals surface area contributed by atoms with E-state index in [2.05, 4.69) is 51.7 Å². The number of piperidine rings is 1. The van der Waals surface area contributed by atoms with Gasteiger partial charge < -0.3 is 25.1 Å². The van der Waals surface area contributed by atoms with Crippen molar-refractivity contribution in [2.75, 3.05) is 37.7 Å². The molecule has 3 rings (SSSR count). The predicted octanol–water partition coefficient (Wildman–Crippen LogP) is 3.40. The second-order valence-corrected chi connectivity index (χ2v) is 7.23. The van der Waals surface area contributed by atoms with Crippen molar-refractivity contribution in [1.82, 2.24) is 10.6 Å². The zero-order chi connectivity index (χ0) is 19.6. The van der Waals surface area contributed by atoms with Crippen LogP contribution in [0.25, 0.3) is 0 Å². The van der Waals surface area contributed by atoms with Gasteiger partial charge in [0.2, 0.25) is 0 Å². The first-order valence-corrected chi connectivity index (χ1v) is 10.3. The van der Waals surface area contributed by atoms with Gasteiger partial charge in [0.1, 0.15) is 5.76 Å². The second kappa shape index (κ2) is 12.7. The Balaban J connectivity index is 0.00000300. The quantitative estimate of drug-likeness (QED) is 0.287. The van der Waals surface area contributed by atoms with Gasteiger partial charge in [-0.25, -0.2) is 4.99 Å². The van der Waals surface area contributed by atoms with Crippen LogP contribution >= 0.6 is 24.0 Å². The van der Waals surface area contributed by atoms with Crippen LogP contribution in [0.5, 0.6) is 0 Å². The molecule has 2 aromatic rings. The molecule has 29 heavy (non-hydrogen) atoms. The summed E-state index contributed by atoms with van der Waals surface area (Å²) in [6.45, 7) is 6.67. The minimum atomic E-state index is 0. The summed E-state index contributed by atoms with van der Waals surface area (Å²) in [4.78, 5) is 7.09. The van der Waals surface area contributed by atoms with Gasteiger partial charge in [-0.15, -0.1) is 24.0 Å². The molecule has 0 saturated carbocycles. The lowest BCUT2D eigenvalue weighted by molar-refractivity contribution is 0.203. The van der Waals surface area contributed by atoms with E-state index in [4.69, 9.17) is 4.42 Å². The fraction of sp³-hybridized carbons (Fsp3) is 0.500. The summed E-state index contributed by atoms with van der Waals surface area (Å²) in [6, 6.07) is 12.6. The van der Waals surface area contributed by atoms with Gasteiger partial charge in [0, 0.05) is 44.9 Å². The number of rotatable bonds is 8. The van der Waals surface area contributed by atoms with E-state index in [1.165, 1.54) is 11.3 Å². The molecule has 0 radical (unpaired) electrons. The van der Waals surface area contributed by atoms with Crippen LogP contribution in [0.4, 0.5) is 5.69 Å². The number of anilines is 1. The molecule has 0 atom stereocenters. The van der Waals surface area contributed by atoms with Crippen molar-refractivity contribution in [2.24, 2.45) is 10.9 Å². The first-order valence-electron chi connectivity index (χ1n) is 10.3. The number of aliphatic hydroxyl groups is 1. The maximum atomic E-state index is 9.28. The van der Waals surface area contributed by atoms with E-state index in [1.807, 2.05) is 12.1 Å². The molecule has 0 bridgehead atoms. The molecule has 1 fully saturated rings. The number of furan rings is 1. The minimum absolute atomic E-state index is 0. The van der Waals surface area contributed by atoms with Gasteiger partial charge in [-0.1, -0.05) is 12.1 Å². The molecule has 1 aromatic heterocycles. The summed E-state index contributed by atoms with van der Waals surface area (Å²) in [6.07, 6.45) is 4.67. The highest BCUT2D eigenvalue weighted by Crippen LogP contribution is 2.23. The summed E-state index contributed by atoms with van der Waals surface area (Å²) >= 11 is 0. The van der Waals surface area contributed by atoms with Crippen molar-refractivity contribution in [3.8, 4) is 0 Å². The lowest BCUT2D eigenvalue weighted by Crippen LogP contribution is -2.38. The third-order valence-electron chi connectivity index (χ3n) is 5.18. The van der Waals surface area contributed by atoms with Gasteiger partial charge in [-0.2, -0.15) is 0 Å². The lowest BCUT2D eigenvalue weighted by Gasteiger charge is -2.32. The molecule has 0 aliphatic carbocycles. The third kappa shape index (κ3) is 7.54. The van der Waals surface area contributed by atoms with Crippen molar-refractivity contribution in [3.05, 3.63) is 54.0 Å². The Morgan fingerprint density at radius 2 is 1.93 bits per heavy atom. The van der Waals surface area contributed by atoms with E-state index in [9.17, 15) is 5.11 Å². The molecule has 6 nitrogen and oxygen atoms in total. The Hall–Kier alpha value is -1.74. The number of aliphatic hydroxyl groups excluding tert-OH is 1. The number of nitrogens with one attached hydrogen (secondary N) is 2. The maximum Gasteiger partial charge on any atom is 0.191 e. The molecule has 7 heteroatoms. The molecule has 1 saturated heterocycles. The average molecular weight is 512 g/mol. The molecule has 160 valence electrons. The molecule has 1 aromatic carbocycles. The molecule has 1 aliphatic heterocycles. The number of aliphatic imine (C=N–C) groups is 1. The molecular weight excluding hydrogens is 479 g/mol. The monoisotopic (exact) mass is 512 g/mol. The van der Waals surface area contributed by atoms with Crippen molar-refractivity contribution in [2.45, 2.75) is 32.7 Å². The topological polar surface area (TPSA) is 73.0 Å². The molecule has 1 aliphatic rings. The van der Waals surface area contributed by atoms with Gasteiger partial charge in [-0.05, 0) is 55.5 Å². The second-order valence-electron chi connectivity index (χ2n) is 7.23. The minimum Gasteiger partial charge on any atom is -0.469 e. The first kappa shape index (κ1) is 23.5. The van der Waals surface area contributed by atoms with Gasteiger partial charge in [0.05, 0.1) is 12.8 Å². The average Bonchev–Trinajstić information content (AvgIpc) is 3.26. The zero-order valence-electron chi connectivity index (χ0n) is 17.1.